The van der Waals surface area contributed by atoms with Gasteiger partial charge in [0, 0.05) is 11.8 Å². The van der Waals surface area contributed by atoms with Crippen LogP contribution in [0.1, 0.15) is 25.0 Å². The third-order valence-corrected chi connectivity index (χ3v) is 3.98. The number of nitrogens with one attached hydrogen (secondary N) is 2. The number of anilines is 1. The van der Waals surface area contributed by atoms with Crippen molar-refractivity contribution in [1.29, 1.82) is 0 Å². The van der Waals surface area contributed by atoms with Crippen molar-refractivity contribution in [2.24, 2.45) is 0 Å². The van der Waals surface area contributed by atoms with Gasteiger partial charge in [0.15, 0.2) is 5.11 Å². The number of hydrogen-bond acceptors (Lipinski definition) is 3. The Kier molecular flexibility index (Phi) is 7.07. The number of aryl methyl sites for hydroxylation is 2. The molecular formula is C20H26N2O2S. The predicted molar refractivity (Wildman–Crippen MR) is 108 cm³/mol. The molecule has 0 bridgehead atoms. The Morgan fingerprint density at radius 2 is 1.80 bits per heavy atom. The molecule has 0 saturated carbocycles. The largest absolute Gasteiger partial charge is 0.494 e. The summed E-state index contributed by atoms with van der Waals surface area (Å²) in [7, 11) is 0. The molecule has 4 nitrogen and oxygen atoms in total. The quantitative estimate of drug-likeness (QED) is 0.716. The van der Waals surface area contributed by atoms with Gasteiger partial charge in [0.2, 0.25) is 0 Å². The van der Waals surface area contributed by atoms with Crippen molar-refractivity contribution in [3.8, 4) is 11.5 Å². The molecule has 2 aromatic carbocycles. The van der Waals surface area contributed by atoms with E-state index in [9.17, 15) is 0 Å². The second-order valence-corrected chi connectivity index (χ2v) is 6.43. The zero-order valence-corrected chi connectivity index (χ0v) is 16.1. The van der Waals surface area contributed by atoms with Crippen LogP contribution in [0.2, 0.25) is 0 Å². The van der Waals surface area contributed by atoms with Crippen LogP contribution in [0.15, 0.2) is 42.5 Å². The highest BCUT2D eigenvalue weighted by Crippen LogP contribution is 2.18. The Bertz CT molecular complexity index is 719. The number of benzene rings is 2. The van der Waals surface area contributed by atoms with Crippen LogP contribution in [0.4, 0.5) is 5.69 Å². The van der Waals surface area contributed by atoms with Gasteiger partial charge in [-0.05, 0) is 75.3 Å². The van der Waals surface area contributed by atoms with Gasteiger partial charge < -0.3 is 20.1 Å². The summed E-state index contributed by atoms with van der Waals surface area (Å²) in [5.41, 5.74) is 3.38. The molecule has 1 unspecified atom stereocenters. The molecule has 134 valence electrons. The van der Waals surface area contributed by atoms with E-state index in [-0.39, 0.29) is 6.04 Å². The molecule has 0 spiro atoms. The van der Waals surface area contributed by atoms with E-state index in [1.807, 2.05) is 44.2 Å². The molecule has 0 radical (unpaired) electrons. The van der Waals surface area contributed by atoms with Gasteiger partial charge in [-0.25, -0.2) is 0 Å². The summed E-state index contributed by atoms with van der Waals surface area (Å²) in [4.78, 5) is 0. The van der Waals surface area contributed by atoms with E-state index in [0.717, 1.165) is 17.2 Å². The van der Waals surface area contributed by atoms with Gasteiger partial charge in [-0.2, -0.15) is 0 Å². The van der Waals surface area contributed by atoms with Gasteiger partial charge in [-0.3, -0.25) is 0 Å². The van der Waals surface area contributed by atoms with E-state index in [0.29, 0.717) is 18.3 Å². The first kappa shape index (κ1) is 19.1. The molecule has 2 rings (SSSR count). The Morgan fingerprint density at radius 3 is 2.52 bits per heavy atom. The van der Waals surface area contributed by atoms with Crippen molar-refractivity contribution in [1.82, 2.24) is 5.32 Å². The van der Waals surface area contributed by atoms with E-state index in [2.05, 4.69) is 36.6 Å². The maximum absolute atomic E-state index is 5.84. The van der Waals surface area contributed by atoms with Crippen LogP contribution in [-0.4, -0.2) is 24.4 Å². The lowest BCUT2D eigenvalue weighted by molar-refractivity contribution is 0.287. The average Bonchev–Trinajstić information content (AvgIpc) is 2.56. The molecule has 5 heteroatoms. The van der Waals surface area contributed by atoms with Crippen LogP contribution in [-0.2, 0) is 0 Å². The van der Waals surface area contributed by atoms with E-state index in [4.69, 9.17) is 21.7 Å². The number of ether oxygens (including phenoxy) is 2. The smallest absolute Gasteiger partial charge is 0.171 e. The van der Waals surface area contributed by atoms with Gasteiger partial charge in [0.25, 0.3) is 0 Å². The molecule has 0 fully saturated rings. The Balaban J connectivity index is 1.81. The summed E-state index contributed by atoms with van der Waals surface area (Å²) >= 11 is 5.37. The Morgan fingerprint density at radius 1 is 1.04 bits per heavy atom. The minimum absolute atomic E-state index is 0.0803. The Labute approximate surface area is 155 Å². The molecule has 0 heterocycles. The fourth-order valence-corrected chi connectivity index (χ4v) is 2.61. The first-order valence-electron chi connectivity index (χ1n) is 8.48. The van der Waals surface area contributed by atoms with E-state index in [1.165, 1.54) is 11.1 Å². The second kappa shape index (κ2) is 9.28. The lowest BCUT2D eigenvalue weighted by Crippen LogP contribution is -2.39. The van der Waals surface area contributed by atoms with Crippen molar-refractivity contribution >= 4 is 23.0 Å². The van der Waals surface area contributed by atoms with E-state index >= 15 is 0 Å². The zero-order chi connectivity index (χ0) is 18.2. The fourth-order valence-electron chi connectivity index (χ4n) is 2.29. The minimum Gasteiger partial charge on any atom is -0.494 e. The van der Waals surface area contributed by atoms with E-state index in [1.54, 1.807) is 0 Å². The molecule has 0 amide bonds. The van der Waals surface area contributed by atoms with Gasteiger partial charge in [0.1, 0.15) is 18.1 Å². The third-order valence-electron chi connectivity index (χ3n) is 3.76. The summed E-state index contributed by atoms with van der Waals surface area (Å²) in [6.07, 6.45) is 0. The van der Waals surface area contributed by atoms with Crippen LogP contribution < -0.4 is 20.1 Å². The van der Waals surface area contributed by atoms with Crippen LogP contribution in [0.25, 0.3) is 0 Å². The summed E-state index contributed by atoms with van der Waals surface area (Å²) in [5.74, 6) is 1.70. The highest BCUT2D eigenvalue weighted by atomic mass is 32.1. The maximum Gasteiger partial charge on any atom is 0.171 e. The lowest BCUT2D eigenvalue weighted by Gasteiger charge is -2.18. The molecule has 0 aliphatic carbocycles. The van der Waals surface area contributed by atoms with Gasteiger partial charge in [-0.1, -0.05) is 12.1 Å². The fraction of sp³-hybridized carbons (Fsp3) is 0.350. The summed E-state index contributed by atoms with van der Waals surface area (Å²) in [6, 6.07) is 13.9. The summed E-state index contributed by atoms with van der Waals surface area (Å²) in [6.45, 7) is 9.34. The number of hydrogen-bond donors (Lipinski definition) is 2. The highest BCUT2D eigenvalue weighted by Gasteiger charge is 2.07. The zero-order valence-electron chi connectivity index (χ0n) is 15.3. The van der Waals surface area contributed by atoms with Gasteiger partial charge in [-0.15, -0.1) is 0 Å². The molecule has 2 N–H and O–H groups in total. The normalized spacial score (nSPS) is 11.5. The molecule has 1 atom stereocenters. The third kappa shape index (κ3) is 6.27. The van der Waals surface area contributed by atoms with Crippen molar-refractivity contribution in [3.05, 3.63) is 53.6 Å². The maximum atomic E-state index is 5.84. The van der Waals surface area contributed by atoms with Crippen molar-refractivity contribution < 1.29 is 9.47 Å². The average molecular weight is 359 g/mol. The predicted octanol–water partition coefficient (Wildman–Crippen LogP) is 4.46. The second-order valence-electron chi connectivity index (χ2n) is 6.02. The topological polar surface area (TPSA) is 42.5 Å². The van der Waals surface area contributed by atoms with Crippen molar-refractivity contribution in [3.63, 3.8) is 0 Å². The molecule has 25 heavy (non-hydrogen) atoms. The van der Waals surface area contributed by atoms with Gasteiger partial charge >= 0.3 is 0 Å². The SMILES string of the molecule is CCOc1cccc(NC(=S)NC(C)COc2ccc(C)c(C)c2)c1. The standard InChI is InChI=1S/C20H26N2O2S/c1-5-23-18-8-6-7-17(12-18)22-20(25)21-16(4)13-24-19-10-9-14(2)15(3)11-19/h6-12,16H,5,13H2,1-4H3,(H2,21,22,25). The minimum atomic E-state index is 0.0803. The first-order chi connectivity index (χ1) is 12.0. The molecule has 0 aromatic heterocycles. The van der Waals surface area contributed by atoms with Gasteiger partial charge in [0.05, 0.1) is 12.6 Å². The van der Waals surface area contributed by atoms with Crippen molar-refractivity contribution in [2.45, 2.75) is 33.7 Å². The lowest BCUT2D eigenvalue weighted by atomic mass is 10.1. The monoisotopic (exact) mass is 358 g/mol. The van der Waals surface area contributed by atoms with E-state index < -0.39 is 0 Å². The molecule has 0 aliphatic rings. The molecule has 2 aromatic rings. The van der Waals surface area contributed by atoms with Crippen molar-refractivity contribution in [2.75, 3.05) is 18.5 Å². The first-order valence-corrected chi connectivity index (χ1v) is 8.89. The van der Waals surface area contributed by atoms with Crippen LogP contribution in [0, 0.1) is 13.8 Å². The van der Waals surface area contributed by atoms with Crippen LogP contribution in [0.3, 0.4) is 0 Å². The molecule has 0 saturated heterocycles. The number of rotatable bonds is 7. The summed E-state index contributed by atoms with van der Waals surface area (Å²) < 4.78 is 11.3. The number of thiocarbonyl (C=S) groups is 1. The van der Waals surface area contributed by atoms with Crippen LogP contribution in [0.5, 0.6) is 11.5 Å². The van der Waals surface area contributed by atoms with Crippen LogP contribution >= 0.6 is 12.2 Å². The highest BCUT2D eigenvalue weighted by molar-refractivity contribution is 7.80. The Hall–Kier alpha value is -2.27. The summed E-state index contributed by atoms with van der Waals surface area (Å²) in [5, 5.41) is 6.96. The molecular weight excluding hydrogens is 332 g/mol. The molecule has 0 aliphatic heterocycles.